The predicted octanol–water partition coefficient (Wildman–Crippen LogP) is 7.15. The highest BCUT2D eigenvalue weighted by Crippen LogP contribution is 2.42. The maximum atomic E-state index is 14.9. The van der Waals surface area contributed by atoms with E-state index in [-0.39, 0.29) is 61.9 Å². The molecule has 0 unspecified atom stereocenters. The molecule has 93 heavy (non-hydrogen) atoms. The van der Waals surface area contributed by atoms with Gasteiger partial charge >= 0.3 is 0 Å². The summed E-state index contributed by atoms with van der Waals surface area (Å²) in [7, 11) is 3.31. The van der Waals surface area contributed by atoms with Gasteiger partial charge in [-0.15, -0.1) is 10.2 Å². The third-order valence-electron chi connectivity index (χ3n) is 18.0. The van der Waals surface area contributed by atoms with E-state index in [1.807, 2.05) is 76.2 Å². The van der Waals surface area contributed by atoms with Gasteiger partial charge in [-0.3, -0.25) is 28.8 Å². The number of nitrogens with zero attached hydrogens (tertiary/aromatic N) is 8. The van der Waals surface area contributed by atoms with Gasteiger partial charge in [0, 0.05) is 64.7 Å². The quantitative estimate of drug-likeness (QED) is 0.0351. The zero-order valence-corrected chi connectivity index (χ0v) is 54.4. The van der Waals surface area contributed by atoms with Gasteiger partial charge in [-0.2, -0.15) is 0 Å². The standard InChI is InChI=1S/C69H80F2N14O8/c1-39(72-11)61(86)74-57(65(90)82-37-67(5,6)59-55(82)31-45(63(88)76-59)29-43-13-21-49(70)22-14-43)41(3)84-33-51(78-80-84)35-92-53-25-17-47(18-26-53)69(9,10)48-19-27-54(28-20-48)93-36-52-34-85(81-79-52)42(4)58(75-62(87)40(2)73-12)66(91)83-38-68(7,8)60-56(83)32-46(64(89)77-60)30-44-15-23-50(71)24-16-44/h13-28,31-34,39-42,57-58,72-73H,29-30,35-38H2,1-12H3,(H,74,86)(H,75,87)(H,76,88)(H,77,89)/t39-,40-,41-,42-,57-,58-/m0/s1. The van der Waals surface area contributed by atoms with Crippen LogP contribution in [0.5, 0.6) is 11.5 Å². The number of H-pyrrole nitrogens is 2. The van der Waals surface area contributed by atoms with Crippen molar-refractivity contribution in [2.75, 3.05) is 37.0 Å². The first-order valence-corrected chi connectivity index (χ1v) is 31.0. The summed E-state index contributed by atoms with van der Waals surface area (Å²) in [6.07, 6.45) is 3.79. The van der Waals surface area contributed by atoms with Crippen molar-refractivity contribution in [3.8, 4) is 11.5 Å². The van der Waals surface area contributed by atoms with Crippen molar-refractivity contribution in [3.05, 3.63) is 210 Å². The van der Waals surface area contributed by atoms with Crippen LogP contribution in [0, 0.1) is 11.6 Å². The lowest BCUT2D eigenvalue weighted by Crippen LogP contribution is -2.55. The van der Waals surface area contributed by atoms with Crippen LogP contribution in [0.4, 0.5) is 20.2 Å². The molecule has 0 aliphatic carbocycles. The monoisotopic (exact) mass is 1270 g/mol. The fourth-order valence-electron chi connectivity index (χ4n) is 11.8. The van der Waals surface area contributed by atoms with Crippen molar-refractivity contribution in [2.24, 2.45) is 0 Å². The van der Waals surface area contributed by atoms with E-state index in [0.29, 0.717) is 56.8 Å². The molecule has 6 N–H and O–H groups in total. The summed E-state index contributed by atoms with van der Waals surface area (Å²) in [4.78, 5) is 92.8. The van der Waals surface area contributed by atoms with Crippen LogP contribution in [0.15, 0.2) is 131 Å². The van der Waals surface area contributed by atoms with Gasteiger partial charge in [-0.05, 0) is 125 Å². The number of aromatic nitrogens is 8. The zero-order chi connectivity index (χ0) is 66.8. The Morgan fingerprint density at radius 3 is 1.27 bits per heavy atom. The van der Waals surface area contributed by atoms with Crippen molar-refractivity contribution < 1.29 is 37.4 Å². The van der Waals surface area contributed by atoms with Gasteiger partial charge in [0.15, 0.2) is 0 Å². The number of likely N-dealkylation sites (N-methyl/N-ethyl adjacent to an activating group) is 2. The number of fused-ring (bicyclic) bond motifs is 2. The average molecular weight is 1270 g/mol. The highest BCUT2D eigenvalue weighted by Gasteiger charge is 2.46. The molecule has 6 heterocycles. The molecule has 10 rings (SSSR count). The minimum absolute atomic E-state index is 0.0572. The topological polar surface area (TPSA) is 268 Å². The van der Waals surface area contributed by atoms with Crippen LogP contribution in [-0.4, -0.2) is 115 Å². The van der Waals surface area contributed by atoms with Gasteiger partial charge < -0.3 is 50.5 Å². The second kappa shape index (κ2) is 26.9. The molecule has 0 bridgehead atoms. The summed E-state index contributed by atoms with van der Waals surface area (Å²) in [6.45, 7) is 19.5. The second-order valence-electron chi connectivity index (χ2n) is 26.1. The van der Waals surface area contributed by atoms with E-state index in [4.69, 9.17) is 9.47 Å². The number of carbonyl (C=O) groups excluding carboxylic acids is 4. The zero-order valence-electron chi connectivity index (χ0n) is 54.4. The fourth-order valence-corrected chi connectivity index (χ4v) is 11.8. The normalized spacial score (nSPS) is 15.9. The van der Waals surface area contributed by atoms with E-state index in [2.05, 4.69) is 65.7 Å². The number of hydrogen-bond donors (Lipinski definition) is 6. The van der Waals surface area contributed by atoms with Crippen LogP contribution in [0.3, 0.4) is 0 Å². The highest BCUT2D eigenvalue weighted by molar-refractivity contribution is 6.03. The summed E-state index contributed by atoms with van der Waals surface area (Å²) in [5, 5.41) is 29.3. The molecule has 0 fully saturated rings. The smallest absolute Gasteiger partial charge is 0.251 e. The van der Waals surface area contributed by atoms with E-state index in [9.17, 15) is 37.5 Å². The summed E-state index contributed by atoms with van der Waals surface area (Å²) in [5.74, 6) is -1.21. The number of aromatic amines is 2. The van der Waals surface area contributed by atoms with Gasteiger partial charge in [0.1, 0.15) is 59.8 Å². The number of ether oxygens (including phenoxy) is 2. The number of benzene rings is 4. The minimum atomic E-state index is -1.11. The number of hydrogen-bond acceptors (Lipinski definition) is 14. The molecular formula is C69H80F2N14O8. The molecule has 4 amide bonds. The molecule has 24 heteroatoms. The lowest BCUT2D eigenvalue weighted by Gasteiger charge is -2.30. The molecule has 0 radical (unpaired) electrons. The molecule has 488 valence electrons. The van der Waals surface area contributed by atoms with Gasteiger partial charge in [0.25, 0.3) is 22.9 Å². The van der Waals surface area contributed by atoms with E-state index < -0.39 is 76.1 Å². The molecule has 22 nitrogen and oxygen atoms in total. The molecule has 8 aromatic rings. The SMILES string of the molecule is CN[C@@H](C)C(=O)N[C@H](C(=O)N1CC(C)(C)c2[nH]c(=O)c(Cc3ccc(F)cc3)cc21)[C@H](C)n1cc(COc2ccc(C(C)(C)c3ccc(OCc4cn([C@@H](C)[C@H](NC(=O)[C@H](C)NC)C(=O)N5CC(C)(C)c6[nH]c(=O)c(Cc7ccc(F)cc7)cc65)nn4)cc3)cc2)nn1. The fraction of sp³-hybridized carbons (Fsp3) is 0.391. The molecule has 0 saturated carbocycles. The molecule has 2 aliphatic rings. The molecule has 4 aromatic heterocycles. The second-order valence-corrected chi connectivity index (χ2v) is 26.1. The molecule has 0 spiro atoms. The van der Waals surface area contributed by atoms with E-state index in [0.717, 1.165) is 22.3 Å². The first kappa shape index (κ1) is 66.2. The Labute approximate surface area is 537 Å². The maximum absolute atomic E-state index is 14.9. The Balaban J connectivity index is 0.766. The Kier molecular flexibility index (Phi) is 19.1. The Hall–Kier alpha value is -9.68. The van der Waals surface area contributed by atoms with Crippen molar-refractivity contribution in [1.29, 1.82) is 0 Å². The Morgan fingerprint density at radius 1 is 0.570 bits per heavy atom. The number of carbonyl (C=O) groups is 4. The lowest BCUT2D eigenvalue weighted by molar-refractivity contribution is -0.129. The molecular weight excluding hydrogens is 1190 g/mol. The summed E-state index contributed by atoms with van der Waals surface area (Å²) < 4.78 is 42.9. The largest absolute Gasteiger partial charge is 0.487 e. The highest BCUT2D eigenvalue weighted by atomic mass is 19.1. The lowest BCUT2D eigenvalue weighted by atomic mass is 9.78. The number of nitrogens with one attached hydrogen (secondary N) is 6. The van der Waals surface area contributed by atoms with Gasteiger partial charge in [0.05, 0.1) is 47.9 Å². The first-order chi connectivity index (χ1) is 44.1. The van der Waals surface area contributed by atoms with Crippen LogP contribution in [0.1, 0.15) is 137 Å². The summed E-state index contributed by atoms with van der Waals surface area (Å²) in [6, 6.07) is 25.8. The van der Waals surface area contributed by atoms with E-state index in [1.165, 1.54) is 33.6 Å². The Morgan fingerprint density at radius 2 is 0.925 bits per heavy atom. The van der Waals surface area contributed by atoms with Gasteiger partial charge in [-0.1, -0.05) is 101 Å². The van der Waals surface area contributed by atoms with Crippen LogP contribution >= 0.6 is 0 Å². The maximum Gasteiger partial charge on any atom is 0.251 e. The molecule has 2 aliphatic heterocycles. The van der Waals surface area contributed by atoms with Crippen LogP contribution in [-0.2, 0) is 61.5 Å². The number of amides is 4. The van der Waals surface area contributed by atoms with Crippen molar-refractivity contribution in [2.45, 2.75) is 148 Å². The minimum Gasteiger partial charge on any atom is -0.487 e. The van der Waals surface area contributed by atoms with E-state index in [1.54, 1.807) is 100 Å². The third-order valence-corrected chi connectivity index (χ3v) is 18.0. The predicted molar refractivity (Wildman–Crippen MR) is 347 cm³/mol. The van der Waals surface area contributed by atoms with Crippen molar-refractivity contribution >= 4 is 35.0 Å². The number of pyridine rings is 2. The molecule has 0 saturated heterocycles. The number of halogens is 2. The third kappa shape index (κ3) is 14.4. The summed E-state index contributed by atoms with van der Waals surface area (Å²) >= 11 is 0. The van der Waals surface area contributed by atoms with Crippen LogP contribution < -0.4 is 51.7 Å². The molecule has 4 aromatic carbocycles. The van der Waals surface area contributed by atoms with Gasteiger partial charge in [-0.25, -0.2) is 18.1 Å². The summed E-state index contributed by atoms with van der Waals surface area (Å²) in [5.41, 5.74) is 5.18. The van der Waals surface area contributed by atoms with E-state index >= 15 is 0 Å². The van der Waals surface area contributed by atoms with Crippen molar-refractivity contribution in [1.82, 2.24) is 61.2 Å². The molecule has 6 atom stereocenters. The van der Waals surface area contributed by atoms with Crippen LogP contribution in [0.25, 0.3) is 0 Å². The van der Waals surface area contributed by atoms with Crippen molar-refractivity contribution in [3.63, 3.8) is 0 Å². The first-order valence-electron chi connectivity index (χ1n) is 31.0. The van der Waals surface area contributed by atoms with Crippen LogP contribution in [0.2, 0.25) is 0 Å². The number of anilines is 2. The Bertz CT molecular complexity index is 3900. The van der Waals surface area contributed by atoms with Gasteiger partial charge in [0.2, 0.25) is 11.8 Å². The number of rotatable bonds is 24. The average Bonchev–Trinajstić information content (AvgIpc) is 1.62.